The van der Waals surface area contributed by atoms with Crippen molar-refractivity contribution in [1.82, 2.24) is 15.1 Å². The van der Waals surface area contributed by atoms with Crippen molar-refractivity contribution in [2.24, 2.45) is 10.9 Å². The van der Waals surface area contributed by atoms with E-state index in [4.69, 9.17) is 11.6 Å². The Morgan fingerprint density at radius 3 is 2.81 bits per heavy atom. The van der Waals surface area contributed by atoms with E-state index in [1.54, 1.807) is 23.1 Å². The zero-order valence-corrected chi connectivity index (χ0v) is 17.4. The maximum atomic E-state index is 12.8. The summed E-state index contributed by atoms with van der Waals surface area (Å²) in [6.45, 7) is 8.38. The minimum Gasteiger partial charge on any atom is -0.282 e. The van der Waals surface area contributed by atoms with Crippen molar-refractivity contribution in [2.75, 3.05) is 6.54 Å². The Labute approximate surface area is 171 Å². The molecule has 2 heterocycles. The molecular weight excluding hydrogens is 400 g/mol. The van der Waals surface area contributed by atoms with Gasteiger partial charge in [-0.05, 0) is 35.4 Å². The molecule has 0 aliphatic carbocycles. The number of amides is 1. The van der Waals surface area contributed by atoms with Crippen LogP contribution < -0.4 is 0 Å². The minimum atomic E-state index is -0.120. The predicted molar refractivity (Wildman–Crippen MR) is 114 cm³/mol. The average molecular weight is 419 g/mol. The summed E-state index contributed by atoms with van der Waals surface area (Å²) in [6.07, 6.45) is 4.33. The summed E-state index contributed by atoms with van der Waals surface area (Å²) in [7, 11) is 0. The van der Waals surface area contributed by atoms with Gasteiger partial charge in [0.15, 0.2) is 5.17 Å². The molecule has 0 radical (unpaired) electrons. The molecule has 1 aliphatic rings. The van der Waals surface area contributed by atoms with Gasteiger partial charge in [-0.25, -0.2) is 0 Å². The van der Waals surface area contributed by atoms with Crippen molar-refractivity contribution in [2.45, 2.75) is 20.3 Å². The van der Waals surface area contributed by atoms with Gasteiger partial charge in [-0.1, -0.05) is 61.1 Å². The lowest BCUT2D eigenvalue weighted by molar-refractivity contribution is -0.121. The van der Waals surface area contributed by atoms with Crippen LogP contribution in [0.2, 0.25) is 5.02 Å². The van der Waals surface area contributed by atoms with Gasteiger partial charge in [0.25, 0.3) is 5.91 Å². The largest absolute Gasteiger partial charge is 0.282 e. The summed E-state index contributed by atoms with van der Waals surface area (Å²) in [6, 6.07) is 7.41. The monoisotopic (exact) mass is 418 g/mol. The van der Waals surface area contributed by atoms with Gasteiger partial charge in [0.1, 0.15) is 5.01 Å². The van der Waals surface area contributed by atoms with Gasteiger partial charge >= 0.3 is 0 Å². The van der Waals surface area contributed by atoms with Gasteiger partial charge in [-0.15, -0.1) is 16.8 Å². The zero-order chi connectivity index (χ0) is 19.4. The van der Waals surface area contributed by atoms with E-state index in [0.29, 0.717) is 32.7 Å². The Bertz CT molecular complexity index is 920. The number of hydrogen-bond donors (Lipinski definition) is 0. The Balaban J connectivity index is 1.90. The van der Waals surface area contributed by atoms with E-state index in [1.807, 2.05) is 18.2 Å². The highest BCUT2D eigenvalue weighted by atomic mass is 35.5. The molecule has 2 aromatic rings. The molecule has 0 bridgehead atoms. The second-order valence-electron chi connectivity index (χ2n) is 6.31. The van der Waals surface area contributed by atoms with E-state index in [2.05, 4.69) is 35.6 Å². The summed E-state index contributed by atoms with van der Waals surface area (Å²) < 4.78 is 0. The van der Waals surface area contributed by atoms with Crippen molar-refractivity contribution in [3.8, 4) is 0 Å². The van der Waals surface area contributed by atoms with Crippen LogP contribution in [-0.2, 0) is 11.2 Å². The number of rotatable bonds is 6. The van der Waals surface area contributed by atoms with Gasteiger partial charge in [-0.2, -0.15) is 4.99 Å². The molecule has 0 spiro atoms. The average Bonchev–Trinajstić information content (AvgIpc) is 3.16. The van der Waals surface area contributed by atoms with Crippen molar-refractivity contribution < 1.29 is 4.79 Å². The number of thioether (sulfide) groups is 1. The van der Waals surface area contributed by atoms with Crippen LogP contribution in [0.5, 0.6) is 0 Å². The van der Waals surface area contributed by atoms with E-state index in [-0.39, 0.29) is 5.91 Å². The van der Waals surface area contributed by atoms with Crippen molar-refractivity contribution in [1.29, 1.82) is 0 Å². The van der Waals surface area contributed by atoms with Gasteiger partial charge in [-0.3, -0.25) is 9.69 Å². The third-order valence-corrected chi connectivity index (χ3v) is 5.81. The number of carbonyl (C=O) groups is 1. The van der Waals surface area contributed by atoms with E-state index in [0.717, 1.165) is 17.0 Å². The molecule has 3 rings (SSSR count). The summed E-state index contributed by atoms with van der Waals surface area (Å²) >= 11 is 8.97. The Hall–Kier alpha value is -1.96. The fraction of sp³-hybridized carbons (Fsp3) is 0.263. The fourth-order valence-corrected chi connectivity index (χ4v) is 4.57. The van der Waals surface area contributed by atoms with Crippen LogP contribution >= 0.6 is 34.7 Å². The lowest BCUT2D eigenvalue weighted by Gasteiger charge is -2.11. The number of nitrogens with zero attached hydrogens (tertiary/aromatic N) is 4. The van der Waals surface area contributed by atoms with Gasteiger partial charge in [0, 0.05) is 18.0 Å². The van der Waals surface area contributed by atoms with E-state index in [1.165, 1.54) is 23.1 Å². The molecule has 0 N–H and O–H groups in total. The first-order valence-electron chi connectivity index (χ1n) is 8.46. The molecule has 27 heavy (non-hydrogen) atoms. The summed E-state index contributed by atoms with van der Waals surface area (Å²) in [5.41, 5.74) is 0.796. The van der Waals surface area contributed by atoms with E-state index in [9.17, 15) is 4.79 Å². The maximum absolute atomic E-state index is 12.8. The molecular formula is C19H19ClN4OS2. The number of halogens is 1. The van der Waals surface area contributed by atoms with E-state index < -0.39 is 0 Å². The summed E-state index contributed by atoms with van der Waals surface area (Å²) in [5.74, 6) is 0.383. The first-order valence-corrected chi connectivity index (χ1v) is 10.5. The third-order valence-electron chi connectivity index (χ3n) is 3.62. The normalized spacial score (nSPS) is 17.5. The number of amidine groups is 1. The predicted octanol–water partition coefficient (Wildman–Crippen LogP) is 5.18. The van der Waals surface area contributed by atoms with Crippen LogP contribution in [0.25, 0.3) is 6.08 Å². The quantitative estimate of drug-likeness (QED) is 0.479. The molecule has 0 saturated carbocycles. The first kappa shape index (κ1) is 19.8. The number of benzene rings is 1. The second kappa shape index (κ2) is 8.82. The van der Waals surface area contributed by atoms with Gasteiger partial charge < -0.3 is 0 Å². The van der Waals surface area contributed by atoms with Gasteiger partial charge in [0.05, 0.1) is 4.91 Å². The van der Waals surface area contributed by atoms with Crippen LogP contribution in [-0.4, -0.2) is 32.7 Å². The van der Waals surface area contributed by atoms with E-state index >= 15 is 0 Å². The molecule has 1 aromatic heterocycles. The van der Waals surface area contributed by atoms with Crippen LogP contribution in [0, 0.1) is 5.92 Å². The molecule has 8 heteroatoms. The first-order chi connectivity index (χ1) is 13.0. The number of aliphatic imine (C=N–C) groups is 1. The fourth-order valence-electron chi connectivity index (χ4n) is 2.42. The lowest BCUT2D eigenvalue weighted by atomic mass is 10.1. The highest BCUT2D eigenvalue weighted by Crippen LogP contribution is 2.35. The molecule has 1 saturated heterocycles. The molecule has 0 unspecified atom stereocenters. The molecule has 1 aliphatic heterocycles. The number of carbonyl (C=O) groups excluding carboxylic acids is 1. The van der Waals surface area contributed by atoms with Crippen LogP contribution in [0.4, 0.5) is 5.13 Å². The number of aromatic nitrogens is 2. The van der Waals surface area contributed by atoms with Gasteiger partial charge in [0.2, 0.25) is 5.13 Å². The topological polar surface area (TPSA) is 58.5 Å². The van der Waals surface area contributed by atoms with Crippen LogP contribution in [0.3, 0.4) is 0 Å². The van der Waals surface area contributed by atoms with Crippen molar-refractivity contribution in [3.05, 3.63) is 57.4 Å². The highest BCUT2D eigenvalue weighted by Gasteiger charge is 2.33. The molecule has 140 valence electrons. The summed E-state index contributed by atoms with van der Waals surface area (Å²) in [4.78, 5) is 19.5. The Kier molecular flexibility index (Phi) is 6.46. The SMILES string of the molecule is C=CCN1C(=O)/C(=C\c2ccccc2Cl)SC1=Nc1nnc(CC(C)C)s1. The smallest absolute Gasteiger partial charge is 0.267 e. The van der Waals surface area contributed by atoms with Crippen LogP contribution in [0.15, 0.2) is 46.8 Å². The summed E-state index contributed by atoms with van der Waals surface area (Å²) in [5, 5.41) is 11.0. The standard InChI is InChI=1S/C19H19ClN4OS2/c1-4-9-24-17(25)15(11-13-7-5-6-8-14(13)20)26-19(24)21-18-23-22-16(27-18)10-12(2)3/h4-8,11-12H,1,9-10H2,2-3H3/b15-11+,21-19?. The van der Waals surface area contributed by atoms with Crippen LogP contribution in [0.1, 0.15) is 24.4 Å². The third kappa shape index (κ3) is 4.86. The lowest BCUT2D eigenvalue weighted by Crippen LogP contribution is -2.29. The second-order valence-corrected chi connectivity index (χ2v) is 8.76. The molecule has 0 atom stereocenters. The Morgan fingerprint density at radius 2 is 2.11 bits per heavy atom. The van der Waals surface area contributed by atoms with Crippen molar-refractivity contribution >= 4 is 57.0 Å². The molecule has 1 amide bonds. The molecule has 5 nitrogen and oxygen atoms in total. The maximum Gasteiger partial charge on any atom is 0.267 e. The molecule has 1 fully saturated rings. The van der Waals surface area contributed by atoms with Crippen molar-refractivity contribution in [3.63, 3.8) is 0 Å². The zero-order valence-electron chi connectivity index (χ0n) is 15.1. The Morgan fingerprint density at radius 1 is 1.33 bits per heavy atom. The number of hydrogen-bond acceptors (Lipinski definition) is 6. The minimum absolute atomic E-state index is 0.120. The molecule has 1 aromatic carbocycles. The highest BCUT2D eigenvalue weighted by molar-refractivity contribution is 8.18.